The molecule has 11 heteroatoms. The molecule has 196 valence electrons. The van der Waals surface area contributed by atoms with Crippen molar-refractivity contribution in [2.75, 3.05) is 17.4 Å². The van der Waals surface area contributed by atoms with E-state index in [0.29, 0.717) is 17.1 Å². The maximum atomic E-state index is 13.8. The molecular weight excluding hydrogens is 557 g/mol. The number of carbonyl (C=O) groups excluding carboxylic acids is 2. The quantitative estimate of drug-likeness (QED) is 0.347. The number of hydrogen-bond acceptors (Lipinski definition) is 4. The SMILES string of the molecule is CCNC(=O)[C@H](C)N(Cc1ccccc1Cl)C(=O)CN(c1cc(Cl)ccc1Cl)S(=O)(=O)c1ccccc1. The van der Waals surface area contributed by atoms with Crippen molar-refractivity contribution >= 4 is 62.3 Å². The van der Waals surface area contributed by atoms with Crippen molar-refractivity contribution < 1.29 is 18.0 Å². The number of amides is 2. The number of likely N-dealkylation sites (N-methyl/N-ethyl adjacent to an activating group) is 1. The van der Waals surface area contributed by atoms with Gasteiger partial charge < -0.3 is 10.2 Å². The number of hydrogen-bond donors (Lipinski definition) is 1. The number of carbonyl (C=O) groups is 2. The molecule has 0 fully saturated rings. The van der Waals surface area contributed by atoms with E-state index in [4.69, 9.17) is 34.8 Å². The summed E-state index contributed by atoms with van der Waals surface area (Å²) in [6.45, 7) is 3.05. The molecule has 3 aromatic rings. The Balaban J connectivity index is 2.07. The van der Waals surface area contributed by atoms with E-state index in [0.717, 1.165) is 4.31 Å². The average molecular weight is 583 g/mol. The first-order valence-electron chi connectivity index (χ1n) is 11.4. The molecule has 1 atom stereocenters. The lowest BCUT2D eigenvalue weighted by atomic mass is 10.1. The predicted molar refractivity (Wildman–Crippen MR) is 148 cm³/mol. The van der Waals surface area contributed by atoms with E-state index in [1.54, 1.807) is 56.3 Å². The largest absolute Gasteiger partial charge is 0.355 e. The van der Waals surface area contributed by atoms with Crippen molar-refractivity contribution in [3.63, 3.8) is 0 Å². The molecule has 0 heterocycles. The Labute approximate surface area is 232 Å². The second kappa shape index (κ2) is 12.6. The summed E-state index contributed by atoms with van der Waals surface area (Å²) in [5.41, 5.74) is 0.640. The molecule has 1 N–H and O–H groups in total. The van der Waals surface area contributed by atoms with Crippen LogP contribution >= 0.6 is 34.8 Å². The third kappa shape index (κ3) is 6.96. The Hall–Kier alpha value is -2.78. The molecule has 0 aliphatic carbocycles. The zero-order valence-electron chi connectivity index (χ0n) is 20.2. The van der Waals surface area contributed by atoms with E-state index in [9.17, 15) is 18.0 Å². The molecular formula is C26H26Cl3N3O4S. The minimum Gasteiger partial charge on any atom is -0.355 e. The van der Waals surface area contributed by atoms with E-state index in [1.165, 1.54) is 35.2 Å². The minimum absolute atomic E-state index is 0.0146. The first kappa shape index (κ1) is 28.8. The van der Waals surface area contributed by atoms with Crippen LogP contribution in [0.15, 0.2) is 77.7 Å². The molecule has 0 spiro atoms. The maximum Gasteiger partial charge on any atom is 0.264 e. The van der Waals surface area contributed by atoms with Crippen LogP contribution in [0, 0.1) is 0 Å². The fourth-order valence-electron chi connectivity index (χ4n) is 3.62. The Kier molecular flexibility index (Phi) is 9.84. The summed E-state index contributed by atoms with van der Waals surface area (Å²) in [6.07, 6.45) is 0. The Morgan fingerprint density at radius 2 is 1.57 bits per heavy atom. The number of nitrogens with zero attached hydrogens (tertiary/aromatic N) is 2. The van der Waals surface area contributed by atoms with Gasteiger partial charge in [-0.2, -0.15) is 0 Å². The number of benzene rings is 3. The number of sulfonamides is 1. The van der Waals surface area contributed by atoms with Gasteiger partial charge in [0.1, 0.15) is 12.6 Å². The van der Waals surface area contributed by atoms with Gasteiger partial charge >= 0.3 is 0 Å². The number of anilines is 1. The van der Waals surface area contributed by atoms with Gasteiger partial charge in [-0.25, -0.2) is 8.42 Å². The van der Waals surface area contributed by atoms with Gasteiger partial charge in [-0.05, 0) is 55.8 Å². The average Bonchev–Trinajstić information content (AvgIpc) is 2.88. The van der Waals surface area contributed by atoms with Gasteiger partial charge in [0, 0.05) is 23.1 Å². The summed E-state index contributed by atoms with van der Waals surface area (Å²) in [5, 5.41) is 3.44. The molecule has 37 heavy (non-hydrogen) atoms. The molecule has 0 unspecified atom stereocenters. The van der Waals surface area contributed by atoms with Gasteiger partial charge in [0.05, 0.1) is 15.6 Å². The molecule has 7 nitrogen and oxygen atoms in total. The summed E-state index contributed by atoms with van der Waals surface area (Å²) in [5.74, 6) is -1.02. The van der Waals surface area contributed by atoms with Gasteiger partial charge in [-0.1, -0.05) is 71.2 Å². The highest BCUT2D eigenvalue weighted by Gasteiger charge is 2.33. The maximum absolute atomic E-state index is 13.8. The van der Waals surface area contributed by atoms with Crippen LogP contribution in [0.1, 0.15) is 19.4 Å². The lowest BCUT2D eigenvalue weighted by Crippen LogP contribution is -2.51. The van der Waals surface area contributed by atoms with Crippen molar-refractivity contribution in [1.82, 2.24) is 10.2 Å². The van der Waals surface area contributed by atoms with Crippen LogP contribution in [0.4, 0.5) is 5.69 Å². The molecule has 0 saturated heterocycles. The fourth-order valence-corrected chi connectivity index (χ4v) is 5.70. The third-order valence-electron chi connectivity index (χ3n) is 5.60. The zero-order chi connectivity index (χ0) is 27.2. The first-order chi connectivity index (χ1) is 17.6. The molecule has 0 aromatic heterocycles. The van der Waals surface area contributed by atoms with Crippen LogP contribution in [0.5, 0.6) is 0 Å². The van der Waals surface area contributed by atoms with E-state index in [-0.39, 0.29) is 33.1 Å². The number of halogens is 3. The molecule has 0 aliphatic rings. The van der Waals surface area contributed by atoms with Crippen molar-refractivity contribution in [3.8, 4) is 0 Å². The Bertz CT molecular complexity index is 1370. The van der Waals surface area contributed by atoms with Crippen molar-refractivity contribution in [2.24, 2.45) is 0 Å². The zero-order valence-corrected chi connectivity index (χ0v) is 23.3. The van der Waals surface area contributed by atoms with Gasteiger partial charge in [-0.3, -0.25) is 13.9 Å². The topological polar surface area (TPSA) is 86.8 Å². The fraction of sp³-hybridized carbons (Fsp3) is 0.231. The summed E-state index contributed by atoms with van der Waals surface area (Å²) in [4.78, 5) is 27.8. The molecule has 2 amide bonds. The van der Waals surface area contributed by atoms with Crippen LogP contribution in [-0.2, 0) is 26.2 Å². The monoisotopic (exact) mass is 581 g/mol. The lowest BCUT2D eigenvalue weighted by Gasteiger charge is -2.32. The second-order valence-corrected chi connectivity index (χ2v) is 11.2. The third-order valence-corrected chi connectivity index (χ3v) is 8.30. The number of nitrogens with one attached hydrogen (secondary N) is 1. The molecule has 0 saturated carbocycles. The van der Waals surface area contributed by atoms with Crippen molar-refractivity contribution in [2.45, 2.75) is 31.3 Å². The van der Waals surface area contributed by atoms with E-state index < -0.39 is 28.5 Å². The summed E-state index contributed by atoms with van der Waals surface area (Å²) < 4.78 is 28.4. The smallest absolute Gasteiger partial charge is 0.264 e. The van der Waals surface area contributed by atoms with Gasteiger partial charge in [0.15, 0.2) is 0 Å². The first-order valence-corrected chi connectivity index (χ1v) is 14.0. The van der Waals surface area contributed by atoms with E-state index in [1.807, 2.05) is 0 Å². The van der Waals surface area contributed by atoms with Gasteiger partial charge in [0.25, 0.3) is 10.0 Å². The molecule has 0 bridgehead atoms. The van der Waals surface area contributed by atoms with Crippen LogP contribution < -0.4 is 9.62 Å². The Morgan fingerprint density at radius 1 is 0.919 bits per heavy atom. The van der Waals surface area contributed by atoms with Crippen LogP contribution in [0.3, 0.4) is 0 Å². The van der Waals surface area contributed by atoms with E-state index in [2.05, 4.69) is 5.32 Å². The number of rotatable bonds is 10. The second-order valence-electron chi connectivity index (χ2n) is 8.10. The molecule has 0 aliphatic heterocycles. The summed E-state index contributed by atoms with van der Waals surface area (Å²) in [7, 11) is -4.24. The molecule has 0 radical (unpaired) electrons. The van der Waals surface area contributed by atoms with Crippen LogP contribution in [0.2, 0.25) is 15.1 Å². The Morgan fingerprint density at radius 3 is 2.22 bits per heavy atom. The van der Waals surface area contributed by atoms with Gasteiger partial charge in [0.2, 0.25) is 11.8 Å². The summed E-state index contributed by atoms with van der Waals surface area (Å²) >= 11 is 18.9. The molecule has 3 rings (SSSR count). The highest BCUT2D eigenvalue weighted by molar-refractivity contribution is 7.92. The van der Waals surface area contributed by atoms with Crippen LogP contribution in [0.25, 0.3) is 0 Å². The standard InChI is InChI=1S/C26H26Cl3N3O4S/c1-3-30-26(34)18(2)31(16-19-9-7-8-12-22(19)28)25(33)17-32(24-15-20(27)13-14-23(24)29)37(35,36)21-10-5-4-6-11-21/h4-15,18H,3,16-17H2,1-2H3,(H,30,34)/t18-/m0/s1. The lowest BCUT2D eigenvalue weighted by molar-refractivity contribution is -0.139. The minimum atomic E-state index is -4.24. The summed E-state index contributed by atoms with van der Waals surface area (Å²) in [6, 6.07) is 18.0. The van der Waals surface area contributed by atoms with Crippen molar-refractivity contribution in [1.29, 1.82) is 0 Å². The highest BCUT2D eigenvalue weighted by atomic mass is 35.5. The molecule has 3 aromatic carbocycles. The van der Waals surface area contributed by atoms with Crippen molar-refractivity contribution in [3.05, 3.63) is 93.4 Å². The van der Waals surface area contributed by atoms with Gasteiger partial charge in [-0.15, -0.1) is 0 Å². The van der Waals surface area contributed by atoms with Crippen LogP contribution in [-0.4, -0.2) is 44.3 Å². The van der Waals surface area contributed by atoms with E-state index >= 15 is 0 Å². The normalized spacial score (nSPS) is 12.0. The highest BCUT2D eigenvalue weighted by Crippen LogP contribution is 2.33. The predicted octanol–water partition coefficient (Wildman–Crippen LogP) is 5.40.